The van der Waals surface area contributed by atoms with Crippen LogP contribution in [0.4, 0.5) is 14.5 Å². The molecule has 7 heteroatoms. The van der Waals surface area contributed by atoms with Crippen LogP contribution in [0.1, 0.15) is 11.8 Å². The third-order valence-electron chi connectivity index (χ3n) is 2.32. The van der Waals surface area contributed by atoms with E-state index in [2.05, 4.69) is 10.3 Å². The van der Waals surface area contributed by atoms with Gasteiger partial charge in [0.15, 0.2) is 16.0 Å². The van der Waals surface area contributed by atoms with Crippen molar-refractivity contribution in [3.05, 3.63) is 39.3 Å². The van der Waals surface area contributed by atoms with Gasteiger partial charge >= 0.3 is 0 Å². The van der Waals surface area contributed by atoms with E-state index in [0.29, 0.717) is 11.1 Å². The molecule has 102 valence electrons. The molecule has 0 aliphatic heterocycles. The number of hydrogen-bond donors (Lipinski definition) is 1. The normalized spacial score (nSPS) is 10.5. The van der Waals surface area contributed by atoms with E-state index in [9.17, 15) is 8.78 Å². The Bertz CT molecular complexity index is 577. The minimum atomic E-state index is -0.738. The Hall–Kier alpha value is -1.40. The highest BCUT2D eigenvalue weighted by atomic mass is 35.5. The molecule has 1 aromatic heterocycles. The average Bonchev–Trinajstić information content (AvgIpc) is 2.79. The summed E-state index contributed by atoms with van der Waals surface area (Å²) in [7, 11) is 0. The lowest BCUT2D eigenvalue weighted by atomic mass is 10.2. The van der Waals surface area contributed by atoms with Crippen molar-refractivity contribution >= 4 is 28.6 Å². The van der Waals surface area contributed by atoms with Crippen molar-refractivity contribution in [2.24, 2.45) is 0 Å². The van der Waals surface area contributed by atoms with Gasteiger partial charge in [-0.15, -0.1) is 11.3 Å². The molecule has 1 heterocycles. The summed E-state index contributed by atoms with van der Waals surface area (Å²) in [6.07, 6.45) is 1.56. The summed E-state index contributed by atoms with van der Waals surface area (Å²) in [5.41, 5.74) is -0.213. The lowest BCUT2D eigenvalue weighted by Crippen LogP contribution is -2.05. The van der Waals surface area contributed by atoms with Crippen LogP contribution in [0, 0.1) is 11.6 Å². The third-order valence-corrected chi connectivity index (χ3v) is 3.44. The standard InChI is InChI=1S/C12H11ClF2N2OS/c1-2-18-9-4-3-8(14)11(10(9)15)16-5-7-6-17-12(13)19-7/h3-4,6,16H,2,5H2,1H3. The number of aromatic nitrogens is 1. The Labute approximate surface area is 118 Å². The van der Waals surface area contributed by atoms with E-state index in [1.54, 1.807) is 13.1 Å². The molecule has 0 atom stereocenters. The van der Waals surface area contributed by atoms with Crippen molar-refractivity contribution in [1.82, 2.24) is 4.98 Å². The van der Waals surface area contributed by atoms with Crippen LogP contribution in [0.3, 0.4) is 0 Å². The summed E-state index contributed by atoms with van der Waals surface area (Å²) in [6, 6.07) is 2.43. The summed E-state index contributed by atoms with van der Waals surface area (Å²) in [5.74, 6) is -1.39. The smallest absolute Gasteiger partial charge is 0.191 e. The van der Waals surface area contributed by atoms with Gasteiger partial charge < -0.3 is 10.1 Å². The number of ether oxygens (including phenoxy) is 1. The number of nitrogens with zero attached hydrogens (tertiary/aromatic N) is 1. The van der Waals surface area contributed by atoms with Gasteiger partial charge in [0.1, 0.15) is 11.5 Å². The number of benzene rings is 1. The third kappa shape index (κ3) is 3.33. The van der Waals surface area contributed by atoms with E-state index in [1.165, 1.54) is 17.4 Å². The van der Waals surface area contributed by atoms with Crippen molar-refractivity contribution < 1.29 is 13.5 Å². The topological polar surface area (TPSA) is 34.1 Å². The van der Waals surface area contributed by atoms with Gasteiger partial charge in [-0.1, -0.05) is 11.6 Å². The van der Waals surface area contributed by atoms with Crippen LogP contribution in [-0.4, -0.2) is 11.6 Å². The summed E-state index contributed by atoms with van der Waals surface area (Å²) in [5, 5.41) is 2.69. The molecule has 0 aliphatic carbocycles. The summed E-state index contributed by atoms with van der Waals surface area (Å²) < 4.78 is 33.0. The van der Waals surface area contributed by atoms with Crippen molar-refractivity contribution in [2.75, 3.05) is 11.9 Å². The number of rotatable bonds is 5. The quantitative estimate of drug-likeness (QED) is 0.903. The average molecular weight is 305 g/mol. The monoisotopic (exact) mass is 304 g/mol. The van der Waals surface area contributed by atoms with Crippen molar-refractivity contribution in [3.8, 4) is 5.75 Å². The molecule has 2 aromatic rings. The van der Waals surface area contributed by atoms with E-state index in [4.69, 9.17) is 16.3 Å². The maximum absolute atomic E-state index is 14.0. The molecule has 0 saturated heterocycles. The molecular formula is C12H11ClF2N2OS. The van der Waals surface area contributed by atoms with Crippen molar-refractivity contribution in [3.63, 3.8) is 0 Å². The predicted molar refractivity (Wildman–Crippen MR) is 72.0 cm³/mol. The van der Waals surface area contributed by atoms with Crippen molar-refractivity contribution in [2.45, 2.75) is 13.5 Å². The second-order valence-corrected chi connectivity index (χ2v) is 5.30. The fraction of sp³-hybridized carbons (Fsp3) is 0.250. The van der Waals surface area contributed by atoms with Crippen LogP contribution in [0.25, 0.3) is 0 Å². The molecule has 2 rings (SSSR count). The van der Waals surface area contributed by atoms with Crippen molar-refractivity contribution in [1.29, 1.82) is 0 Å². The zero-order chi connectivity index (χ0) is 13.8. The van der Waals surface area contributed by atoms with Gasteiger partial charge in [-0.25, -0.2) is 13.8 Å². The molecule has 0 amide bonds. The molecule has 1 aromatic carbocycles. The number of anilines is 1. The summed E-state index contributed by atoms with van der Waals surface area (Å²) in [6.45, 7) is 2.29. The van der Waals surface area contributed by atoms with Gasteiger partial charge in [-0.05, 0) is 19.1 Å². The van der Waals surface area contributed by atoms with Crippen LogP contribution in [-0.2, 0) is 6.54 Å². The molecule has 0 saturated carbocycles. The van der Waals surface area contributed by atoms with Gasteiger partial charge in [-0.2, -0.15) is 0 Å². The lowest BCUT2D eigenvalue weighted by Gasteiger charge is -2.11. The first-order valence-electron chi connectivity index (χ1n) is 5.56. The molecule has 0 aliphatic rings. The highest BCUT2D eigenvalue weighted by molar-refractivity contribution is 7.15. The van der Waals surface area contributed by atoms with Gasteiger partial charge in [0, 0.05) is 11.1 Å². The minimum Gasteiger partial charge on any atom is -0.491 e. The summed E-state index contributed by atoms with van der Waals surface area (Å²) in [4.78, 5) is 4.64. The highest BCUT2D eigenvalue weighted by Crippen LogP contribution is 2.28. The molecule has 0 unspecified atom stereocenters. The molecule has 0 bridgehead atoms. The van der Waals surface area contributed by atoms with E-state index < -0.39 is 11.6 Å². The van der Waals surface area contributed by atoms with E-state index in [-0.39, 0.29) is 18.0 Å². The number of thiazole rings is 1. The van der Waals surface area contributed by atoms with Crippen LogP contribution < -0.4 is 10.1 Å². The van der Waals surface area contributed by atoms with Gasteiger partial charge in [0.05, 0.1) is 13.2 Å². The van der Waals surface area contributed by atoms with E-state index >= 15 is 0 Å². The Kier molecular flexibility index (Phi) is 4.55. The fourth-order valence-electron chi connectivity index (χ4n) is 1.50. The predicted octanol–water partition coefficient (Wildman–Crippen LogP) is 4.09. The molecule has 0 fully saturated rings. The molecular weight excluding hydrogens is 294 g/mol. The molecule has 19 heavy (non-hydrogen) atoms. The maximum Gasteiger partial charge on any atom is 0.191 e. The molecule has 3 nitrogen and oxygen atoms in total. The van der Waals surface area contributed by atoms with Crippen LogP contribution in [0.15, 0.2) is 18.3 Å². The van der Waals surface area contributed by atoms with E-state index in [0.717, 1.165) is 10.9 Å². The first-order valence-corrected chi connectivity index (χ1v) is 6.76. The van der Waals surface area contributed by atoms with Gasteiger partial charge in [-0.3, -0.25) is 0 Å². The fourth-order valence-corrected chi connectivity index (χ4v) is 2.42. The van der Waals surface area contributed by atoms with Crippen LogP contribution in [0.5, 0.6) is 5.75 Å². The molecule has 1 N–H and O–H groups in total. The van der Waals surface area contributed by atoms with Gasteiger partial charge in [0.2, 0.25) is 0 Å². The maximum atomic E-state index is 14.0. The van der Waals surface area contributed by atoms with Crippen LogP contribution >= 0.6 is 22.9 Å². The number of nitrogens with one attached hydrogen (secondary N) is 1. The summed E-state index contributed by atoms with van der Waals surface area (Å²) >= 11 is 6.93. The van der Waals surface area contributed by atoms with Gasteiger partial charge in [0.25, 0.3) is 0 Å². The second kappa shape index (κ2) is 6.16. The largest absolute Gasteiger partial charge is 0.491 e. The highest BCUT2D eigenvalue weighted by Gasteiger charge is 2.14. The SMILES string of the molecule is CCOc1ccc(F)c(NCc2cnc(Cl)s2)c1F. The Morgan fingerprint density at radius 1 is 1.42 bits per heavy atom. The number of halogens is 3. The Morgan fingerprint density at radius 2 is 2.21 bits per heavy atom. The molecule has 0 radical (unpaired) electrons. The Morgan fingerprint density at radius 3 is 2.84 bits per heavy atom. The lowest BCUT2D eigenvalue weighted by molar-refractivity contribution is 0.321. The first kappa shape index (κ1) is 14.0. The van der Waals surface area contributed by atoms with Crippen LogP contribution in [0.2, 0.25) is 4.47 Å². The zero-order valence-corrected chi connectivity index (χ0v) is 11.6. The second-order valence-electron chi connectivity index (χ2n) is 3.60. The first-order chi connectivity index (χ1) is 9.11. The molecule has 0 spiro atoms. The minimum absolute atomic E-state index is 0.0220. The van der Waals surface area contributed by atoms with E-state index in [1.807, 2.05) is 0 Å². The Balaban J connectivity index is 2.16. The number of hydrogen-bond acceptors (Lipinski definition) is 4. The zero-order valence-electron chi connectivity index (χ0n) is 10.0.